The summed E-state index contributed by atoms with van der Waals surface area (Å²) in [6.07, 6.45) is -1.22. The Morgan fingerprint density at radius 1 is 1.13 bits per heavy atom. The van der Waals surface area contributed by atoms with Crippen molar-refractivity contribution in [1.29, 1.82) is 0 Å². The van der Waals surface area contributed by atoms with E-state index < -0.39 is 23.4 Å². The van der Waals surface area contributed by atoms with E-state index in [-0.39, 0.29) is 24.8 Å². The molecule has 0 spiro atoms. The molecule has 8 heteroatoms. The summed E-state index contributed by atoms with van der Waals surface area (Å²) in [6.45, 7) is 1.06. The van der Waals surface area contributed by atoms with Crippen molar-refractivity contribution in [3.8, 4) is 0 Å². The summed E-state index contributed by atoms with van der Waals surface area (Å²) in [5.41, 5.74) is 0.589. The number of Topliss-reactive ketones (excluding diaryl/α,β-unsaturated/α-hetero) is 1. The summed E-state index contributed by atoms with van der Waals surface area (Å²) >= 11 is 0. The number of ether oxygens (including phenoxy) is 1. The number of amides is 1. The Bertz CT molecular complexity index is 1110. The third-order valence-electron chi connectivity index (χ3n) is 5.36. The Morgan fingerprint density at radius 2 is 1.94 bits per heavy atom. The van der Waals surface area contributed by atoms with Gasteiger partial charge in [0.05, 0.1) is 17.2 Å². The summed E-state index contributed by atoms with van der Waals surface area (Å²) in [6, 6.07) is 12.1. The Kier molecular flexibility index (Phi) is 5.82. The number of ketones is 1. The minimum Gasteiger partial charge on any atom is -0.376 e. The first-order chi connectivity index (χ1) is 14.8. The van der Waals surface area contributed by atoms with Gasteiger partial charge in [0.25, 0.3) is 11.7 Å². The van der Waals surface area contributed by atoms with Crippen LogP contribution in [0.15, 0.2) is 54.7 Å². The van der Waals surface area contributed by atoms with Crippen molar-refractivity contribution in [2.75, 3.05) is 13.2 Å². The summed E-state index contributed by atoms with van der Waals surface area (Å²) in [4.78, 5) is 25.2. The molecule has 0 bridgehead atoms. The second-order valence-corrected chi connectivity index (χ2v) is 7.56. The average molecular weight is 430 g/mol. The lowest BCUT2D eigenvalue weighted by molar-refractivity contribution is -0.137. The van der Waals surface area contributed by atoms with Gasteiger partial charge < -0.3 is 14.6 Å². The van der Waals surface area contributed by atoms with Crippen LogP contribution in [0.25, 0.3) is 10.9 Å². The lowest BCUT2D eigenvalue weighted by Crippen LogP contribution is -2.36. The number of nitrogens with one attached hydrogen (secondary N) is 1. The summed E-state index contributed by atoms with van der Waals surface area (Å²) in [5.74, 6) is -1.41. The highest BCUT2D eigenvalue weighted by Crippen LogP contribution is 2.30. The van der Waals surface area contributed by atoms with Crippen molar-refractivity contribution in [3.63, 3.8) is 0 Å². The van der Waals surface area contributed by atoms with Gasteiger partial charge in [-0.05, 0) is 36.6 Å². The maximum atomic E-state index is 13.0. The molecule has 1 aromatic heterocycles. The van der Waals surface area contributed by atoms with E-state index in [9.17, 15) is 22.8 Å². The van der Waals surface area contributed by atoms with Gasteiger partial charge in [0.1, 0.15) is 0 Å². The van der Waals surface area contributed by atoms with Gasteiger partial charge in [-0.1, -0.05) is 30.3 Å². The third-order valence-corrected chi connectivity index (χ3v) is 5.36. The third kappa shape index (κ3) is 4.64. The molecule has 1 fully saturated rings. The molecule has 1 saturated heterocycles. The molecule has 31 heavy (non-hydrogen) atoms. The zero-order valence-corrected chi connectivity index (χ0v) is 16.6. The van der Waals surface area contributed by atoms with Gasteiger partial charge in [0, 0.05) is 36.8 Å². The number of alkyl halides is 3. The van der Waals surface area contributed by atoms with Crippen molar-refractivity contribution in [1.82, 2.24) is 9.88 Å². The minimum atomic E-state index is -4.43. The summed E-state index contributed by atoms with van der Waals surface area (Å²) < 4.78 is 46.3. The fourth-order valence-corrected chi connectivity index (χ4v) is 3.82. The van der Waals surface area contributed by atoms with Crippen molar-refractivity contribution in [2.45, 2.75) is 31.7 Å². The van der Waals surface area contributed by atoms with Gasteiger partial charge in [-0.15, -0.1) is 0 Å². The SMILES string of the molecule is O=C(NC[C@@H]1CCCO1)C(=O)c1cn(Cc2cccc(C(F)(F)F)c2)c2ccccc12. The van der Waals surface area contributed by atoms with Gasteiger partial charge in [-0.3, -0.25) is 9.59 Å². The molecule has 4 rings (SSSR count). The van der Waals surface area contributed by atoms with Crippen molar-refractivity contribution >= 4 is 22.6 Å². The zero-order chi connectivity index (χ0) is 22.0. The van der Waals surface area contributed by atoms with E-state index in [2.05, 4.69) is 5.32 Å². The van der Waals surface area contributed by atoms with Crippen molar-refractivity contribution < 1.29 is 27.5 Å². The maximum Gasteiger partial charge on any atom is 0.416 e. The molecule has 162 valence electrons. The Labute approximate surface area is 176 Å². The number of nitrogens with zero attached hydrogens (tertiary/aromatic N) is 1. The second-order valence-electron chi connectivity index (χ2n) is 7.56. The zero-order valence-electron chi connectivity index (χ0n) is 16.6. The number of hydrogen-bond acceptors (Lipinski definition) is 3. The van der Waals surface area contributed by atoms with Gasteiger partial charge in [-0.25, -0.2) is 0 Å². The molecule has 1 amide bonds. The molecule has 1 N–H and O–H groups in total. The lowest BCUT2D eigenvalue weighted by atomic mass is 10.1. The topological polar surface area (TPSA) is 60.3 Å². The van der Waals surface area contributed by atoms with Crippen LogP contribution in [0.4, 0.5) is 13.2 Å². The minimum absolute atomic E-state index is 0.0843. The van der Waals surface area contributed by atoms with E-state index in [4.69, 9.17) is 4.74 Å². The van der Waals surface area contributed by atoms with Crippen molar-refractivity contribution in [2.24, 2.45) is 0 Å². The lowest BCUT2D eigenvalue weighted by Gasteiger charge is -2.10. The molecule has 1 atom stereocenters. The van der Waals surface area contributed by atoms with Gasteiger partial charge in [-0.2, -0.15) is 13.2 Å². The fraction of sp³-hybridized carbons (Fsp3) is 0.304. The number of benzene rings is 2. The van der Waals surface area contributed by atoms with Crippen LogP contribution >= 0.6 is 0 Å². The largest absolute Gasteiger partial charge is 0.416 e. The second kappa shape index (κ2) is 8.55. The summed E-state index contributed by atoms with van der Waals surface area (Å²) in [7, 11) is 0. The fourth-order valence-electron chi connectivity index (χ4n) is 3.82. The highest BCUT2D eigenvalue weighted by atomic mass is 19.4. The van der Waals surface area contributed by atoms with Crippen LogP contribution in [-0.2, 0) is 22.3 Å². The molecular weight excluding hydrogens is 409 g/mol. The molecule has 1 aliphatic rings. The van der Waals surface area contributed by atoms with E-state index in [1.165, 1.54) is 12.3 Å². The van der Waals surface area contributed by atoms with Crippen LogP contribution in [0.2, 0.25) is 0 Å². The van der Waals surface area contributed by atoms with E-state index >= 15 is 0 Å². The van der Waals surface area contributed by atoms with Gasteiger partial charge in [0.15, 0.2) is 0 Å². The molecular formula is C23H21F3N2O3. The van der Waals surface area contributed by atoms with E-state index in [0.717, 1.165) is 25.0 Å². The Morgan fingerprint density at radius 3 is 2.68 bits per heavy atom. The summed E-state index contributed by atoms with van der Waals surface area (Å²) in [5, 5.41) is 3.20. The standard InChI is InChI=1S/C23H21F3N2O3/c24-23(25,26)16-6-3-5-15(11-16)13-28-14-19(18-8-1-2-9-20(18)28)21(29)22(30)27-12-17-7-4-10-31-17/h1-3,5-6,8-9,11,14,17H,4,7,10,12-13H2,(H,27,30)/t17-/m0/s1. The highest BCUT2D eigenvalue weighted by Gasteiger charge is 2.30. The average Bonchev–Trinajstić information content (AvgIpc) is 3.40. The highest BCUT2D eigenvalue weighted by molar-refractivity contribution is 6.45. The van der Waals surface area contributed by atoms with Crippen LogP contribution in [0.1, 0.15) is 34.3 Å². The molecule has 0 saturated carbocycles. The number of aromatic nitrogens is 1. The number of rotatable bonds is 6. The van der Waals surface area contributed by atoms with Gasteiger partial charge >= 0.3 is 6.18 Å². The smallest absolute Gasteiger partial charge is 0.376 e. The molecule has 1 aliphatic heterocycles. The quantitative estimate of drug-likeness (QED) is 0.471. The molecule has 0 radical (unpaired) electrons. The predicted molar refractivity (Wildman–Crippen MR) is 109 cm³/mol. The monoisotopic (exact) mass is 430 g/mol. The van der Waals surface area contributed by atoms with Crippen LogP contribution in [0.3, 0.4) is 0 Å². The number of carbonyl (C=O) groups excluding carboxylic acids is 2. The molecule has 0 aliphatic carbocycles. The van der Waals surface area contributed by atoms with E-state index in [1.807, 2.05) is 0 Å². The van der Waals surface area contributed by atoms with Crippen LogP contribution in [-0.4, -0.2) is 35.5 Å². The predicted octanol–water partition coefficient (Wildman–Crippen LogP) is 4.19. The number of carbonyl (C=O) groups is 2. The molecule has 0 unspecified atom stereocenters. The normalized spacial score (nSPS) is 16.5. The first-order valence-corrected chi connectivity index (χ1v) is 10.0. The van der Waals surface area contributed by atoms with Crippen molar-refractivity contribution in [3.05, 3.63) is 71.4 Å². The number of halogens is 3. The van der Waals surface area contributed by atoms with Crippen LogP contribution < -0.4 is 5.32 Å². The molecule has 2 heterocycles. The Balaban J connectivity index is 1.59. The number of para-hydroxylation sites is 1. The van der Waals surface area contributed by atoms with E-state index in [0.29, 0.717) is 23.1 Å². The molecule has 2 aromatic carbocycles. The van der Waals surface area contributed by atoms with Crippen LogP contribution in [0, 0.1) is 0 Å². The Hall–Kier alpha value is -3.13. The van der Waals surface area contributed by atoms with Gasteiger partial charge in [0.2, 0.25) is 0 Å². The van der Waals surface area contributed by atoms with Crippen LogP contribution in [0.5, 0.6) is 0 Å². The van der Waals surface area contributed by atoms with E-state index in [1.54, 1.807) is 34.9 Å². The first-order valence-electron chi connectivity index (χ1n) is 10.0. The maximum absolute atomic E-state index is 13.0. The molecule has 3 aromatic rings. The first kappa shape index (κ1) is 21.1. The number of fused-ring (bicyclic) bond motifs is 1. The molecule has 5 nitrogen and oxygen atoms in total. The number of hydrogen-bond donors (Lipinski definition) is 1.